The third-order valence-corrected chi connectivity index (χ3v) is 5.18. The molecule has 1 aromatic heterocycles. The molecule has 0 spiro atoms. The minimum atomic E-state index is -1.35. The van der Waals surface area contributed by atoms with Crippen molar-refractivity contribution < 1.29 is 19.2 Å². The molecular weight excluding hydrogens is 382 g/mol. The average Bonchev–Trinajstić information content (AvgIpc) is 3.21. The van der Waals surface area contributed by atoms with Crippen LogP contribution in [0.15, 0.2) is 35.7 Å². The molecule has 2 aromatic rings. The van der Waals surface area contributed by atoms with Gasteiger partial charge in [-0.1, -0.05) is 12.1 Å². The van der Waals surface area contributed by atoms with E-state index in [2.05, 4.69) is 10.6 Å². The lowest BCUT2D eigenvalue weighted by Gasteiger charge is -2.22. The van der Waals surface area contributed by atoms with E-state index in [1.165, 1.54) is 25.1 Å². The van der Waals surface area contributed by atoms with E-state index in [0.29, 0.717) is 11.1 Å². The smallest absolute Gasteiger partial charge is 0.325 e. The highest BCUT2D eigenvalue weighted by Crippen LogP contribution is 2.29. The van der Waals surface area contributed by atoms with E-state index in [1.54, 1.807) is 17.5 Å². The van der Waals surface area contributed by atoms with Crippen molar-refractivity contribution in [1.82, 2.24) is 10.2 Å². The van der Waals surface area contributed by atoms with Crippen LogP contribution < -0.4 is 16.4 Å². The molecule has 1 fully saturated rings. The molecule has 1 saturated heterocycles. The molecule has 1 atom stereocenters. The fourth-order valence-corrected chi connectivity index (χ4v) is 3.63. The summed E-state index contributed by atoms with van der Waals surface area (Å²) in [4.78, 5) is 49.6. The molecule has 0 aliphatic carbocycles. The van der Waals surface area contributed by atoms with Gasteiger partial charge in [-0.3, -0.25) is 19.3 Å². The van der Waals surface area contributed by atoms with Gasteiger partial charge >= 0.3 is 6.03 Å². The van der Waals surface area contributed by atoms with Crippen molar-refractivity contribution >= 4 is 40.1 Å². The molecule has 4 N–H and O–H groups in total. The van der Waals surface area contributed by atoms with E-state index in [-0.39, 0.29) is 10.6 Å². The van der Waals surface area contributed by atoms with E-state index in [0.717, 1.165) is 16.2 Å². The average molecular weight is 397 g/mol. The normalized spacial score (nSPS) is 18.5. The van der Waals surface area contributed by atoms with Crippen molar-refractivity contribution in [2.24, 2.45) is 5.73 Å². The summed E-state index contributed by atoms with van der Waals surface area (Å²) in [6.45, 7) is 1.00. The monoisotopic (exact) mass is 397 g/mol. The molecule has 0 saturated carbocycles. The third-order valence-electron chi connectivity index (χ3n) is 4.35. The maximum atomic E-state index is 12.8. The van der Waals surface area contributed by atoms with Gasteiger partial charge in [-0.25, -0.2) is 4.79 Å². The van der Waals surface area contributed by atoms with E-state index >= 15 is 0 Å². The Balaban J connectivity index is 1.76. The predicted molar refractivity (Wildman–Crippen MR) is 100 cm³/mol. The summed E-state index contributed by atoms with van der Waals surface area (Å²) in [6, 6.07) is 8.96. The van der Waals surface area contributed by atoms with Crippen molar-refractivity contribution in [3.8, 4) is 6.07 Å². The van der Waals surface area contributed by atoms with Gasteiger partial charge in [0.2, 0.25) is 5.91 Å². The maximum Gasteiger partial charge on any atom is 0.325 e. The van der Waals surface area contributed by atoms with Gasteiger partial charge in [-0.15, -0.1) is 11.3 Å². The third kappa shape index (κ3) is 3.30. The topological polar surface area (TPSA) is 145 Å². The number of benzene rings is 1. The van der Waals surface area contributed by atoms with Crippen LogP contribution in [-0.4, -0.2) is 35.2 Å². The van der Waals surface area contributed by atoms with Crippen molar-refractivity contribution in [1.29, 1.82) is 5.26 Å². The number of nitrogens with zero attached hydrogens (tertiary/aromatic N) is 2. The van der Waals surface area contributed by atoms with Crippen LogP contribution in [-0.2, 0) is 15.1 Å². The Morgan fingerprint density at radius 2 is 1.96 bits per heavy atom. The SMILES string of the molecule is CC1(c2ccc(C#N)cc2)NC(=O)N(CC(=O)Nc2sccc2C(N)=O)C1=O. The molecule has 5 amide bonds. The first-order valence-electron chi connectivity index (χ1n) is 8.08. The van der Waals surface area contributed by atoms with Gasteiger partial charge < -0.3 is 16.4 Å². The zero-order valence-electron chi connectivity index (χ0n) is 14.7. The fourth-order valence-electron chi connectivity index (χ4n) is 2.82. The Hall–Kier alpha value is -3.71. The lowest BCUT2D eigenvalue weighted by Crippen LogP contribution is -2.42. The van der Waals surface area contributed by atoms with Gasteiger partial charge in [-0.2, -0.15) is 5.26 Å². The van der Waals surface area contributed by atoms with Gasteiger partial charge in [-0.05, 0) is 36.1 Å². The van der Waals surface area contributed by atoms with Crippen LogP contribution in [0.5, 0.6) is 0 Å². The van der Waals surface area contributed by atoms with Crippen LogP contribution in [0.3, 0.4) is 0 Å². The Morgan fingerprint density at radius 3 is 2.57 bits per heavy atom. The number of amides is 5. The van der Waals surface area contributed by atoms with Gasteiger partial charge in [0.1, 0.15) is 17.1 Å². The second-order valence-corrected chi connectivity index (χ2v) is 7.13. The highest BCUT2D eigenvalue weighted by Gasteiger charge is 2.49. The van der Waals surface area contributed by atoms with Crippen LogP contribution in [0, 0.1) is 11.3 Å². The Morgan fingerprint density at radius 1 is 1.29 bits per heavy atom. The number of anilines is 1. The Kier molecular flexibility index (Phi) is 4.85. The van der Waals surface area contributed by atoms with Gasteiger partial charge in [0.15, 0.2) is 0 Å². The zero-order valence-corrected chi connectivity index (χ0v) is 15.5. The zero-order chi connectivity index (χ0) is 20.5. The van der Waals surface area contributed by atoms with Crippen molar-refractivity contribution in [3.05, 3.63) is 52.4 Å². The summed E-state index contributed by atoms with van der Waals surface area (Å²) in [5.74, 6) is -1.93. The summed E-state index contributed by atoms with van der Waals surface area (Å²) < 4.78 is 0. The maximum absolute atomic E-state index is 12.8. The second-order valence-electron chi connectivity index (χ2n) is 6.21. The minimum Gasteiger partial charge on any atom is -0.366 e. The number of imide groups is 1. The number of urea groups is 1. The van der Waals surface area contributed by atoms with Crippen molar-refractivity contribution in [3.63, 3.8) is 0 Å². The minimum absolute atomic E-state index is 0.151. The number of primary amides is 1. The van der Waals surface area contributed by atoms with Crippen LogP contribution in [0.25, 0.3) is 0 Å². The van der Waals surface area contributed by atoms with Crippen LogP contribution in [0.1, 0.15) is 28.4 Å². The quantitative estimate of drug-likeness (QED) is 0.647. The van der Waals surface area contributed by atoms with Crippen LogP contribution >= 0.6 is 11.3 Å². The molecule has 1 aromatic carbocycles. The van der Waals surface area contributed by atoms with E-state index in [9.17, 15) is 19.2 Å². The van der Waals surface area contributed by atoms with E-state index < -0.39 is 35.8 Å². The van der Waals surface area contributed by atoms with Crippen molar-refractivity contribution in [2.45, 2.75) is 12.5 Å². The molecular formula is C18H15N5O4S. The lowest BCUT2D eigenvalue weighted by atomic mass is 9.91. The number of rotatable bonds is 5. The molecule has 10 heteroatoms. The summed E-state index contributed by atoms with van der Waals surface area (Å²) in [5.41, 5.74) is 4.93. The number of carbonyl (C=O) groups excluding carboxylic acids is 4. The molecule has 1 aliphatic heterocycles. The molecule has 1 aliphatic rings. The Bertz CT molecular complexity index is 1020. The number of thiophene rings is 1. The fraction of sp³-hybridized carbons (Fsp3) is 0.167. The lowest BCUT2D eigenvalue weighted by molar-refractivity contribution is -0.133. The Labute approximate surface area is 163 Å². The number of nitriles is 1. The molecule has 2 heterocycles. The van der Waals surface area contributed by atoms with Gasteiger partial charge in [0.25, 0.3) is 11.8 Å². The number of hydrogen-bond acceptors (Lipinski definition) is 6. The highest BCUT2D eigenvalue weighted by molar-refractivity contribution is 7.14. The summed E-state index contributed by atoms with van der Waals surface area (Å²) >= 11 is 1.10. The molecule has 0 radical (unpaired) electrons. The molecule has 9 nitrogen and oxygen atoms in total. The molecule has 28 heavy (non-hydrogen) atoms. The molecule has 3 rings (SSSR count). The standard InChI is InChI=1S/C18H15N5O4S/c1-18(11-4-2-10(8-19)3-5-11)16(26)23(17(27)22-18)9-13(24)21-15-12(14(20)25)6-7-28-15/h2-7H,9H2,1H3,(H2,20,25)(H,21,24)(H,22,27). The van der Waals surface area contributed by atoms with E-state index in [1.807, 2.05) is 6.07 Å². The van der Waals surface area contributed by atoms with E-state index in [4.69, 9.17) is 11.0 Å². The second kappa shape index (κ2) is 7.13. The number of carbonyl (C=O) groups is 4. The summed E-state index contributed by atoms with van der Waals surface area (Å²) in [7, 11) is 0. The molecule has 1 unspecified atom stereocenters. The number of nitrogens with one attached hydrogen (secondary N) is 2. The number of hydrogen-bond donors (Lipinski definition) is 3. The highest BCUT2D eigenvalue weighted by atomic mass is 32.1. The summed E-state index contributed by atoms with van der Waals surface area (Å²) in [6.07, 6.45) is 0. The predicted octanol–water partition coefficient (Wildman–Crippen LogP) is 1.12. The molecule has 142 valence electrons. The van der Waals surface area contributed by atoms with Gasteiger partial charge in [0, 0.05) is 0 Å². The van der Waals surface area contributed by atoms with Gasteiger partial charge in [0.05, 0.1) is 17.2 Å². The first kappa shape index (κ1) is 19.1. The summed E-state index contributed by atoms with van der Waals surface area (Å²) in [5, 5.41) is 15.8. The largest absolute Gasteiger partial charge is 0.366 e. The number of nitrogens with two attached hydrogens (primary N) is 1. The first-order valence-corrected chi connectivity index (χ1v) is 8.96. The first-order chi connectivity index (χ1) is 13.3. The van der Waals surface area contributed by atoms with Crippen molar-refractivity contribution in [2.75, 3.05) is 11.9 Å². The van der Waals surface area contributed by atoms with Crippen LogP contribution in [0.2, 0.25) is 0 Å². The molecule has 0 bridgehead atoms. The van der Waals surface area contributed by atoms with Crippen LogP contribution in [0.4, 0.5) is 9.80 Å².